The monoisotopic (exact) mass is 378 g/mol. The van der Waals surface area contributed by atoms with Crippen LogP contribution in [0.2, 0.25) is 0 Å². The van der Waals surface area contributed by atoms with Gasteiger partial charge in [-0.15, -0.1) is 0 Å². The molecule has 28 heavy (non-hydrogen) atoms. The van der Waals surface area contributed by atoms with E-state index >= 15 is 0 Å². The number of aromatic nitrogens is 4. The van der Waals surface area contributed by atoms with Crippen molar-refractivity contribution in [2.24, 2.45) is 7.05 Å². The average molecular weight is 378 g/mol. The molecule has 3 heterocycles. The summed E-state index contributed by atoms with van der Waals surface area (Å²) >= 11 is 0. The van der Waals surface area contributed by atoms with E-state index in [1.165, 1.54) is 11.3 Å². The number of piperazine rings is 1. The molecule has 0 amide bonds. The molecule has 1 saturated heterocycles. The molecule has 0 bridgehead atoms. The molecule has 7 nitrogen and oxygen atoms in total. The third-order valence-corrected chi connectivity index (χ3v) is 5.49. The number of hydrogen-bond acceptors (Lipinski definition) is 6. The van der Waals surface area contributed by atoms with Gasteiger partial charge in [-0.1, -0.05) is 24.3 Å². The van der Waals surface area contributed by atoms with Crippen molar-refractivity contribution in [3.05, 3.63) is 59.7 Å². The van der Waals surface area contributed by atoms with Gasteiger partial charge in [-0.3, -0.25) is 14.6 Å². The first-order chi connectivity index (χ1) is 13.7. The molecule has 0 unspecified atom stereocenters. The van der Waals surface area contributed by atoms with Crippen LogP contribution in [-0.4, -0.2) is 55.9 Å². The maximum absolute atomic E-state index is 9.26. The fourth-order valence-corrected chi connectivity index (χ4v) is 3.59. The highest BCUT2D eigenvalue weighted by Gasteiger charge is 2.22. The van der Waals surface area contributed by atoms with Crippen molar-refractivity contribution in [1.82, 2.24) is 24.6 Å². The predicted molar refractivity (Wildman–Crippen MR) is 109 cm³/mol. The van der Waals surface area contributed by atoms with E-state index in [2.05, 4.69) is 31.8 Å². The second-order valence-corrected chi connectivity index (χ2v) is 7.23. The van der Waals surface area contributed by atoms with Gasteiger partial charge in [0.1, 0.15) is 5.69 Å². The van der Waals surface area contributed by atoms with E-state index in [1.807, 2.05) is 42.2 Å². The Morgan fingerprint density at radius 3 is 2.36 bits per heavy atom. The van der Waals surface area contributed by atoms with Gasteiger partial charge < -0.3 is 10.0 Å². The van der Waals surface area contributed by atoms with Gasteiger partial charge in [0.2, 0.25) is 0 Å². The Balaban J connectivity index is 1.47. The Labute approximate surface area is 165 Å². The van der Waals surface area contributed by atoms with Crippen LogP contribution in [0.25, 0.3) is 11.3 Å². The first-order valence-electron chi connectivity index (χ1n) is 9.61. The second kappa shape index (κ2) is 8.08. The van der Waals surface area contributed by atoms with Crippen molar-refractivity contribution < 1.29 is 5.11 Å². The fourth-order valence-electron chi connectivity index (χ4n) is 3.59. The van der Waals surface area contributed by atoms with Gasteiger partial charge in [0.15, 0.2) is 5.82 Å². The zero-order valence-electron chi connectivity index (χ0n) is 16.4. The summed E-state index contributed by atoms with van der Waals surface area (Å²) in [6.45, 7) is 6.89. The third-order valence-electron chi connectivity index (χ3n) is 5.49. The molecule has 0 aliphatic carbocycles. The van der Waals surface area contributed by atoms with E-state index in [4.69, 9.17) is 0 Å². The van der Waals surface area contributed by atoms with Gasteiger partial charge in [0.05, 0.1) is 12.8 Å². The fraction of sp³-hybridized carbons (Fsp3) is 0.381. The Hall–Kier alpha value is -2.77. The number of hydrogen-bond donors (Lipinski definition) is 1. The van der Waals surface area contributed by atoms with Gasteiger partial charge in [0.25, 0.3) is 0 Å². The number of aliphatic hydroxyl groups is 1. The van der Waals surface area contributed by atoms with Gasteiger partial charge >= 0.3 is 0 Å². The van der Waals surface area contributed by atoms with Crippen molar-refractivity contribution >= 4 is 5.82 Å². The van der Waals surface area contributed by atoms with E-state index in [-0.39, 0.29) is 6.61 Å². The number of rotatable bonds is 5. The summed E-state index contributed by atoms with van der Waals surface area (Å²) in [5.41, 5.74) is 5.33. The van der Waals surface area contributed by atoms with Gasteiger partial charge in [-0.2, -0.15) is 5.10 Å². The van der Waals surface area contributed by atoms with Gasteiger partial charge in [0, 0.05) is 69.0 Å². The second-order valence-electron chi connectivity index (χ2n) is 7.23. The largest absolute Gasteiger partial charge is 0.392 e. The molecule has 1 aromatic carbocycles. The minimum Gasteiger partial charge on any atom is -0.392 e. The number of aliphatic hydroxyl groups excluding tert-OH is 1. The summed E-state index contributed by atoms with van der Waals surface area (Å²) < 4.78 is 1.93. The summed E-state index contributed by atoms with van der Waals surface area (Å²) in [6, 6.07) is 7.87. The molecule has 146 valence electrons. The molecule has 1 fully saturated rings. The topological polar surface area (TPSA) is 70.3 Å². The van der Waals surface area contributed by atoms with Crippen LogP contribution in [0.5, 0.6) is 0 Å². The van der Waals surface area contributed by atoms with Gasteiger partial charge in [-0.25, -0.2) is 4.98 Å². The Morgan fingerprint density at radius 2 is 1.71 bits per heavy atom. The van der Waals surface area contributed by atoms with Crippen molar-refractivity contribution in [1.29, 1.82) is 0 Å². The molecule has 0 atom stereocenters. The molecule has 1 N–H and O–H groups in total. The lowest BCUT2D eigenvalue weighted by molar-refractivity contribution is 0.249. The molecule has 0 spiro atoms. The maximum atomic E-state index is 9.26. The molecule has 0 radical (unpaired) electrons. The molecule has 1 aliphatic heterocycles. The zero-order valence-corrected chi connectivity index (χ0v) is 16.4. The summed E-state index contributed by atoms with van der Waals surface area (Å²) in [6.07, 6.45) is 5.46. The molecule has 3 aromatic rings. The van der Waals surface area contributed by atoms with Crippen LogP contribution in [0.15, 0.2) is 42.9 Å². The van der Waals surface area contributed by atoms with Gasteiger partial charge in [-0.05, 0) is 12.5 Å². The molecular weight excluding hydrogens is 352 g/mol. The Kier molecular flexibility index (Phi) is 5.36. The van der Waals surface area contributed by atoms with E-state index < -0.39 is 0 Å². The zero-order chi connectivity index (χ0) is 19.5. The normalized spacial score (nSPS) is 15.2. The summed E-state index contributed by atoms with van der Waals surface area (Å²) in [5.74, 6) is 0.927. The maximum Gasteiger partial charge on any atom is 0.155 e. The molecular formula is C21H26N6O. The van der Waals surface area contributed by atoms with Crippen LogP contribution in [0.4, 0.5) is 5.82 Å². The summed E-state index contributed by atoms with van der Waals surface area (Å²) in [5, 5.41) is 13.6. The minimum atomic E-state index is 0.0476. The number of aryl methyl sites for hydroxylation is 1. The smallest absolute Gasteiger partial charge is 0.155 e. The highest BCUT2D eigenvalue weighted by Crippen LogP contribution is 2.28. The molecule has 7 heteroatoms. The van der Waals surface area contributed by atoms with Crippen LogP contribution >= 0.6 is 0 Å². The molecule has 1 aliphatic rings. The van der Waals surface area contributed by atoms with Crippen LogP contribution < -0.4 is 4.90 Å². The standard InChI is InChI=1S/C21H26N6O/c1-16-19(13-24-25(16)2)14-26-9-11-27(12-10-26)21-20(22-7-8-23-21)18-5-3-17(15-28)4-6-18/h3-8,13,28H,9-12,14-15H2,1-2H3. The Morgan fingerprint density at radius 1 is 1.00 bits per heavy atom. The highest BCUT2D eigenvalue weighted by atomic mass is 16.3. The first-order valence-corrected chi connectivity index (χ1v) is 9.61. The SMILES string of the molecule is Cc1c(CN2CCN(c3nccnc3-c3ccc(CO)cc3)CC2)cnn1C. The average Bonchev–Trinajstić information content (AvgIpc) is 3.06. The number of anilines is 1. The van der Waals surface area contributed by atoms with Crippen LogP contribution in [0, 0.1) is 6.92 Å². The van der Waals surface area contributed by atoms with Crippen molar-refractivity contribution in [3.8, 4) is 11.3 Å². The third kappa shape index (κ3) is 3.76. The van der Waals surface area contributed by atoms with Crippen molar-refractivity contribution in [3.63, 3.8) is 0 Å². The number of nitrogens with zero attached hydrogens (tertiary/aromatic N) is 6. The van der Waals surface area contributed by atoms with E-state index in [9.17, 15) is 5.11 Å². The molecule has 0 saturated carbocycles. The lowest BCUT2D eigenvalue weighted by Gasteiger charge is -2.35. The summed E-state index contributed by atoms with van der Waals surface area (Å²) in [4.78, 5) is 14.0. The minimum absolute atomic E-state index is 0.0476. The first kappa shape index (κ1) is 18.6. The predicted octanol–water partition coefficient (Wildman–Crippen LogP) is 2.00. The van der Waals surface area contributed by atoms with Crippen molar-refractivity contribution in [2.45, 2.75) is 20.1 Å². The Bertz CT molecular complexity index is 928. The van der Waals surface area contributed by atoms with Crippen LogP contribution in [0.3, 0.4) is 0 Å². The quantitative estimate of drug-likeness (QED) is 0.732. The summed E-state index contributed by atoms with van der Waals surface area (Å²) in [7, 11) is 1.99. The van der Waals surface area contributed by atoms with E-state index in [0.717, 1.165) is 55.4 Å². The molecule has 2 aromatic heterocycles. The lowest BCUT2D eigenvalue weighted by atomic mass is 10.1. The lowest BCUT2D eigenvalue weighted by Crippen LogP contribution is -2.46. The van der Waals surface area contributed by atoms with E-state index in [0.29, 0.717) is 0 Å². The molecule has 4 rings (SSSR count). The van der Waals surface area contributed by atoms with E-state index in [1.54, 1.807) is 12.4 Å². The highest BCUT2D eigenvalue weighted by molar-refractivity contribution is 5.72. The van der Waals surface area contributed by atoms with Crippen molar-refractivity contribution in [2.75, 3.05) is 31.1 Å². The number of benzene rings is 1. The van der Waals surface area contributed by atoms with Crippen LogP contribution in [-0.2, 0) is 20.2 Å². The van der Waals surface area contributed by atoms with Crippen LogP contribution in [0.1, 0.15) is 16.8 Å².